The van der Waals surface area contributed by atoms with Crippen molar-refractivity contribution in [2.45, 2.75) is 45.1 Å². The van der Waals surface area contributed by atoms with Gasteiger partial charge in [-0.3, -0.25) is 0 Å². The molecule has 1 aromatic rings. The number of nitrogens with zero attached hydrogens (tertiary/aromatic N) is 2. The minimum Gasteiger partial charge on any atom is -0.373 e. The van der Waals surface area contributed by atoms with Crippen molar-refractivity contribution in [3.63, 3.8) is 0 Å². The fourth-order valence-corrected chi connectivity index (χ4v) is 1.80. The summed E-state index contributed by atoms with van der Waals surface area (Å²) in [6.07, 6.45) is 5.89. The first-order valence-corrected chi connectivity index (χ1v) is 6.14. The molecular weight excluding hydrogens is 200 g/mol. The van der Waals surface area contributed by atoms with Crippen molar-refractivity contribution in [1.29, 1.82) is 0 Å². The number of anilines is 2. The maximum atomic E-state index is 4.53. The second-order valence-corrected chi connectivity index (χ2v) is 4.33. The summed E-state index contributed by atoms with van der Waals surface area (Å²) >= 11 is 0. The number of hydrogen-bond donors (Lipinski definition) is 2. The van der Waals surface area contributed by atoms with E-state index in [1.807, 2.05) is 13.1 Å². The molecule has 0 unspecified atom stereocenters. The summed E-state index contributed by atoms with van der Waals surface area (Å²) in [7, 11) is 1.89. The van der Waals surface area contributed by atoms with Crippen LogP contribution in [0.5, 0.6) is 0 Å². The van der Waals surface area contributed by atoms with Gasteiger partial charge in [-0.15, -0.1) is 0 Å². The Kier molecular flexibility index (Phi) is 3.59. The molecule has 2 N–H and O–H groups in total. The van der Waals surface area contributed by atoms with Gasteiger partial charge in [0.1, 0.15) is 17.5 Å². The topological polar surface area (TPSA) is 49.8 Å². The highest BCUT2D eigenvalue weighted by Gasteiger charge is 2.17. The van der Waals surface area contributed by atoms with Crippen LogP contribution in [0.3, 0.4) is 0 Å². The standard InChI is InChI=1S/C12H20N4/c1-3-5-10-15-11(13-2)8-12(16-10)14-9-6-4-7-9/h8-9H,3-7H2,1-2H3,(H2,13,14,15,16). The number of aryl methyl sites for hydroxylation is 1. The van der Waals surface area contributed by atoms with E-state index in [2.05, 4.69) is 27.5 Å². The van der Waals surface area contributed by atoms with Crippen molar-refractivity contribution in [3.8, 4) is 0 Å². The van der Waals surface area contributed by atoms with Gasteiger partial charge in [0.2, 0.25) is 0 Å². The Bertz CT molecular complexity index is 347. The molecule has 1 aromatic heterocycles. The molecule has 0 spiro atoms. The molecule has 4 heteroatoms. The van der Waals surface area contributed by atoms with Crippen LogP contribution in [0.2, 0.25) is 0 Å². The lowest BCUT2D eigenvalue weighted by molar-refractivity contribution is 0.444. The predicted molar refractivity (Wildman–Crippen MR) is 66.8 cm³/mol. The quantitative estimate of drug-likeness (QED) is 0.800. The molecule has 16 heavy (non-hydrogen) atoms. The van der Waals surface area contributed by atoms with Crippen LogP contribution < -0.4 is 10.6 Å². The third kappa shape index (κ3) is 2.62. The minimum absolute atomic E-state index is 0.620. The first-order chi connectivity index (χ1) is 7.81. The fraction of sp³-hybridized carbons (Fsp3) is 0.667. The Labute approximate surface area is 96.9 Å². The van der Waals surface area contributed by atoms with Gasteiger partial charge in [0.25, 0.3) is 0 Å². The largest absolute Gasteiger partial charge is 0.373 e. The van der Waals surface area contributed by atoms with Gasteiger partial charge >= 0.3 is 0 Å². The Hall–Kier alpha value is -1.32. The van der Waals surface area contributed by atoms with Crippen molar-refractivity contribution in [3.05, 3.63) is 11.9 Å². The van der Waals surface area contributed by atoms with E-state index < -0.39 is 0 Å². The van der Waals surface area contributed by atoms with Crippen molar-refractivity contribution < 1.29 is 0 Å². The third-order valence-electron chi connectivity index (χ3n) is 2.96. The van der Waals surface area contributed by atoms with E-state index in [0.717, 1.165) is 30.3 Å². The molecule has 0 aliphatic heterocycles. The van der Waals surface area contributed by atoms with Gasteiger partial charge < -0.3 is 10.6 Å². The molecule has 0 aromatic carbocycles. The second kappa shape index (κ2) is 5.14. The van der Waals surface area contributed by atoms with Crippen molar-refractivity contribution in [2.24, 2.45) is 0 Å². The average Bonchev–Trinajstić information content (AvgIpc) is 2.24. The van der Waals surface area contributed by atoms with Gasteiger partial charge in [0.15, 0.2) is 0 Å². The van der Waals surface area contributed by atoms with E-state index in [9.17, 15) is 0 Å². The van der Waals surface area contributed by atoms with E-state index in [0.29, 0.717) is 6.04 Å². The van der Waals surface area contributed by atoms with Crippen LogP contribution in [0.1, 0.15) is 38.4 Å². The first kappa shape index (κ1) is 11.2. The van der Waals surface area contributed by atoms with Crippen LogP contribution in [0, 0.1) is 0 Å². The average molecular weight is 220 g/mol. The number of rotatable bonds is 5. The molecule has 2 rings (SSSR count). The first-order valence-electron chi connectivity index (χ1n) is 6.14. The van der Waals surface area contributed by atoms with E-state index >= 15 is 0 Å². The molecule has 1 aliphatic carbocycles. The number of nitrogens with one attached hydrogen (secondary N) is 2. The zero-order chi connectivity index (χ0) is 11.4. The summed E-state index contributed by atoms with van der Waals surface area (Å²) in [4.78, 5) is 8.96. The minimum atomic E-state index is 0.620. The summed E-state index contributed by atoms with van der Waals surface area (Å²) in [5.74, 6) is 2.80. The van der Waals surface area contributed by atoms with Crippen LogP contribution in [0.4, 0.5) is 11.6 Å². The van der Waals surface area contributed by atoms with Gasteiger partial charge in [-0.2, -0.15) is 0 Å². The number of hydrogen-bond acceptors (Lipinski definition) is 4. The SMILES string of the molecule is CCCc1nc(NC)cc(NC2CCC2)n1. The highest BCUT2D eigenvalue weighted by molar-refractivity contribution is 5.48. The molecule has 1 fully saturated rings. The lowest BCUT2D eigenvalue weighted by Gasteiger charge is -2.27. The summed E-state index contributed by atoms with van der Waals surface area (Å²) in [5, 5.41) is 6.55. The Morgan fingerprint density at radius 3 is 2.62 bits per heavy atom. The molecule has 1 heterocycles. The lowest BCUT2D eigenvalue weighted by Crippen LogP contribution is -2.27. The van der Waals surface area contributed by atoms with Crippen LogP contribution in [0.25, 0.3) is 0 Å². The summed E-state index contributed by atoms with van der Waals surface area (Å²) in [5.41, 5.74) is 0. The monoisotopic (exact) mass is 220 g/mol. The predicted octanol–water partition coefficient (Wildman–Crippen LogP) is 2.44. The summed E-state index contributed by atoms with van der Waals surface area (Å²) < 4.78 is 0. The van der Waals surface area contributed by atoms with E-state index in [4.69, 9.17) is 0 Å². The van der Waals surface area contributed by atoms with E-state index in [-0.39, 0.29) is 0 Å². The molecule has 1 aliphatic rings. The molecule has 0 atom stereocenters. The number of aromatic nitrogens is 2. The van der Waals surface area contributed by atoms with E-state index in [1.165, 1.54) is 19.3 Å². The van der Waals surface area contributed by atoms with E-state index in [1.54, 1.807) is 0 Å². The zero-order valence-corrected chi connectivity index (χ0v) is 10.1. The van der Waals surface area contributed by atoms with Crippen LogP contribution in [-0.2, 0) is 6.42 Å². The Balaban J connectivity index is 2.11. The smallest absolute Gasteiger partial charge is 0.133 e. The zero-order valence-electron chi connectivity index (χ0n) is 10.1. The Morgan fingerprint density at radius 1 is 1.31 bits per heavy atom. The lowest BCUT2D eigenvalue weighted by atomic mass is 9.93. The van der Waals surface area contributed by atoms with Gasteiger partial charge in [0, 0.05) is 25.6 Å². The van der Waals surface area contributed by atoms with Crippen LogP contribution in [-0.4, -0.2) is 23.1 Å². The maximum absolute atomic E-state index is 4.53. The molecule has 88 valence electrons. The highest BCUT2D eigenvalue weighted by atomic mass is 15.1. The summed E-state index contributed by atoms with van der Waals surface area (Å²) in [6.45, 7) is 2.15. The fourth-order valence-electron chi connectivity index (χ4n) is 1.80. The van der Waals surface area contributed by atoms with Crippen LogP contribution in [0.15, 0.2) is 6.07 Å². The normalized spacial score (nSPS) is 15.6. The van der Waals surface area contributed by atoms with Crippen molar-refractivity contribution in [1.82, 2.24) is 9.97 Å². The van der Waals surface area contributed by atoms with Gasteiger partial charge in [-0.05, 0) is 25.7 Å². The molecule has 4 nitrogen and oxygen atoms in total. The van der Waals surface area contributed by atoms with Gasteiger partial charge in [0.05, 0.1) is 0 Å². The third-order valence-corrected chi connectivity index (χ3v) is 2.96. The van der Waals surface area contributed by atoms with Crippen molar-refractivity contribution in [2.75, 3.05) is 17.7 Å². The molecule has 0 bridgehead atoms. The molecular formula is C12H20N4. The molecule has 0 amide bonds. The second-order valence-electron chi connectivity index (χ2n) is 4.33. The maximum Gasteiger partial charge on any atom is 0.133 e. The molecule has 0 saturated heterocycles. The Morgan fingerprint density at radius 2 is 2.06 bits per heavy atom. The molecule has 1 saturated carbocycles. The summed E-state index contributed by atoms with van der Waals surface area (Å²) in [6, 6.07) is 2.60. The van der Waals surface area contributed by atoms with Crippen molar-refractivity contribution >= 4 is 11.6 Å². The van der Waals surface area contributed by atoms with Crippen LogP contribution >= 0.6 is 0 Å². The van der Waals surface area contributed by atoms with Gasteiger partial charge in [-0.1, -0.05) is 6.92 Å². The van der Waals surface area contributed by atoms with Gasteiger partial charge in [-0.25, -0.2) is 9.97 Å². The highest BCUT2D eigenvalue weighted by Crippen LogP contribution is 2.23. The molecule has 0 radical (unpaired) electrons.